The van der Waals surface area contributed by atoms with Crippen molar-refractivity contribution in [1.82, 2.24) is 5.32 Å². The summed E-state index contributed by atoms with van der Waals surface area (Å²) in [7, 11) is 0. The van der Waals surface area contributed by atoms with Crippen LogP contribution in [0.3, 0.4) is 0 Å². The van der Waals surface area contributed by atoms with Crippen molar-refractivity contribution in [3.05, 3.63) is 17.7 Å². The minimum atomic E-state index is 0.224. The number of benzene rings is 1. The van der Waals surface area contributed by atoms with E-state index in [9.17, 15) is 5.11 Å². The molecule has 2 heterocycles. The number of phenols is 1. The van der Waals surface area contributed by atoms with Crippen molar-refractivity contribution in [3.63, 3.8) is 0 Å². The molecule has 0 aromatic heterocycles. The second-order valence-electron chi connectivity index (χ2n) is 4.95. The van der Waals surface area contributed by atoms with Gasteiger partial charge in [0.2, 0.25) is 6.79 Å². The molecule has 104 valence electrons. The molecule has 3 rings (SSSR count). The molecule has 0 spiro atoms. The molecule has 5 nitrogen and oxygen atoms in total. The largest absolute Gasteiger partial charge is 0.507 e. The highest BCUT2D eigenvalue weighted by Crippen LogP contribution is 2.37. The summed E-state index contributed by atoms with van der Waals surface area (Å²) < 4.78 is 16.2. The number of nitrogens with one attached hydrogen (secondary N) is 1. The molecule has 1 aromatic carbocycles. The molecular formula is C14H19NO4. The highest BCUT2D eigenvalue weighted by atomic mass is 16.7. The van der Waals surface area contributed by atoms with Gasteiger partial charge >= 0.3 is 0 Å². The van der Waals surface area contributed by atoms with E-state index < -0.39 is 0 Å². The van der Waals surface area contributed by atoms with Crippen LogP contribution in [0.4, 0.5) is 0 Å². The van der Waals surface area contributed by atoms with E-state index in [4.69, 9.17) is 14.2 Å². The number of ether oxygens (including phenoxy) is 3. The Balaban J connectivity index is 1.54. The predicted octanol–water partition coefficient (Wildman–Crippen LogP) is 1.78. The van der Waals surface area contributed by atoms with E-state index in [0.717, 1.165) is 25.1 Å². The topological polar surface area (TPSA) is 60.0 Å². The summed E-state index contributed by atoms with van der Waals surface area (Å²) in [4.78, 5) is 0. The molecule has 5 heteroatoms. The first kappa shape index (κ1) is 12.6. The van der Waals surface area contributed by atoms with Gasteiger partial charge < -0.3 is 24.6 Å². The number of hydrogen-bond donors (Lipinski definition) is 2. The second kappa shape index (κ2) is 5.67. The van der Waals surface area contributed by atoms with Crippen molar-refractivity contribution in [2.45, 2.75) is 31.9 Å². The average Bonchev–Trinajstić information content (AvgIpc) is 2.87. The summed E-state index contributed by atoms with van der Waals surface area (Å²) in [5.74, 6) is 1.54. The number of aromatic hydroxyl groups is 1. The molecule has 1 aromatic rings. The summed E-state index contributed by atoms with van der Waals surface area (Å²) in [6, 6.07) is 3.43. The van der Waals surface area contributed by atoms with Crippen molar-refractivity contribution in [1.29, 1.82) is 0 Å². The van der Waals surface area contributed by atoms with Gasteiger partial charge in [-0.25, -0.2) is 0 Å². The zero-order valence-corrected chi connectivity index (χ0v) is 10.9. The van der Waals surface area contributed by atoms with Gasteiger partial charge in [0.1, 0.15) is 5.75 Å². The van der Waals surface area contributed by atoms with E-state index >= 15 is 0 Å². The number of phenolic OH excluding ortho intramolecular Hbond substituents is 1. The fraction of sp³-hybridized carbons (Fsp3) is 0.571. The molecule has 0 radical (unpaired) electrons. The molecule has 19 heavy (non-hydrogen) atoms. The first-order valence-electron chi connectivity index (χ1n) is 6.77. The van der Waals surface area contributed by atoms with Crippen LogP contribution in [0.1, 0.15) is 24.8 Å². The molecule has 1 saturated heterocycles. The lowest BCUT2D eigenvalue weighted by Crippen LogP contribution is -2.31. The summed E-state index contributed by atoms with van der Waals surface area (Å²) in [6.45, 7) is 2.50. The van der Waals surface area contributed by atoms with E-state index in [1.807, 2.05) is 6.07 Å². The van der Waals surface area contributed by atoms with Gasteiger partial charge in [0.05, 0.1) is 6.10 Å². The fourth-order valence-corrected chi connectivity index (χ4v) is 2.45. The van der Waals surface area contributed by atoms with Gasteiger partial charge in [0.25, 0.3) is 0 Å². The quantitative estimate of drug-likeness (QED) is 0.869. The highest BCUT2D eigenvalue weighted by molar-refractivity contribution is 5.51. The molecule has 2 N–H and O–H groups in total. The van der Waals surface area contributed by atoms with Gasteiger partial charge in [-0.3, -0.25) is 0 Å². The van der Waals surface area contributed by atoms with E-state index in [2.05, 4.69) is 5.32 Å². The fourth-order valence-electron chi connectivity index (χ4n) is 2.45. The van der Waals surface area contributed by atoms with Crippen molar-refractivity contribution in [2.75, 3.05) is 19.9 Å². The second-order valence-corrected chi connectivity index (χ2v) is 4.95. The average molecular weight is 265 g/mol. The molecular weight excluding hydrogens is 246 g/mol. The first-order valence-corrected chi connectivity index (χ1v) is 6.77. The Bertz CT molecular complexity index is 443. The lowest BCUT2D eigenvalue weighted by molar-refractivity contribution is 0.0167. The highest BCUT2D eigenvalue weighted by Gasteiger charge is 2.17. The van der Waals surface area contributed by atoms with Crippen molar-refractivity contribution < 1.29 is 19.3 Å². The molecule has 2 aliphatic heterocycles. The third kappa shape index (κ3) is 2.93. The van der Waals surface area contributed by atoms with Gasteiger partial charge in [-0.05, 0) is 25.3 Å². The van der Waals surface area contributed by atoms with Crippen LogP contribution in [0.25, 0.3) is 0 Å². The molecule has 1 atom stereocenters. The van der Waals surface area contributed by atoms with Crippen LogP contribution in [0.15, 0.2) is 12.1 Å². The van der Waals surface area contributed by atoms with Gasteiger partial charge in [-0.1, -0.05) is 0 Å². The number of fused-ring (bicyclic) bond motifs is 1. The van der Waals surface area contributed by atoms with Gasteiger partial charge in [-0.2, -0.15) is 0 Å². The first-order chi connectivity index (χ1) is 9.33. The lowest BCUT2D eigenvalue weighted by atomic mass is 10.1. The zero-order chi connectivity index (χ0) is 13.1. The Labute approximate surface area is 112 Å². The predicted molar refractivity (Wildman–Crippen MR) is 69.5 cm³/mol. The Morgan fingerprint density at radius 3 is 2.84 bits per heavy atom. The maximum absolute atomic E-state index is 9.90. The number of hydrogen-bond acceptors (Lipinski definition) is 5. The van der Waals surface area contributed by atoms with Crippen LogP contribution >= 0.6 is 0 Å². The molecule has 0 saturated carbocycles. The standard InChI is InChI=1S/C14H19NO4/c16-12-6-14-13(18-9-19-14)5-10(12)7-15-8-11-3-1-2-4-17-11/h5-6,11,15-16H,1-4,7-9H2. The van der Waals surface area contributed by atoms with Gasteiger partial charge in [0, 0.05) is 31.3 Å². The Kier molecular flexibility index (Phi) is 3.75. The van der Waals surface area contributed by atoms with Gasteiger partial charge in [0.15, 0.2) is 11.5 Å². The van der Waals surface area contributed by atoms with Crippen LogP contribution in [0, 0.1) is 0 Å². The van der Waals surface area contributed by atoms with E-state index in [1.54, 1.807) is 6.07 Å². The van der Waals surface area contributed by atoms with Crippen LogP contribution in [0.2, 0.25) is 0 Å². The molecule has 0 bridgehead atoms. The van der Waals surface area contributed by atoms with Crippen molar-refractivity contribution >= 4 is 0 Å². The summed E-state index contributed by atoms with van der Waals surface area (Å²) >= 11 is 0. The van der Waals surface area contributed by atoms with E-state index in [1.165, 1.54) is 12.8 Å². The Morgan fingerprint density at radius 1 is 1.21 bits per heavy atom. The summed E-state index contributed by atoms with van der Waals surface area (Å²) in [6.07, 6.45) is 3.81. The SMILES string of the molecule is Oc1cc2c(cc1CNCC1CCCCO1)OCO2. The minimum Gasteiger partial charge on any atom is -0.507 e. The maximum atomic E-state index is 9.90. The Hall–Kier alpha value is -1.46. The van der Waals surface area contributed by atoms with Crippen LogP contribution in [-0.4, -0.2) is 31.2 Å². The third-order valence-electron chi connectivity index (χ3n) is 3.54. The maximum Gasteiger partial charge on any atom is 0.231 e. The molecule has 2 aliphatic rings. The summed E-state index contributed by atoms with van der Waals surface area (Å²) in [5.41, 5.74) is 0.819. The van der Waals surface area contributed by atoms with Crippen LogP contribution in [0.5, 0.6) is 17.2 Å². The molecule has 0 aliphatic carbocycles. The zero-order valence-electron chi connectivity index (χ0n) is 10.9. The van der Waals surface area contributed by atoms with Gasteiger partial charge in [-0.15, -0.1) is 0 Å². The Morgan fingerprint density at radius 2 is 2.05 bits per heavy atom. The molecule has 1 fully saturated rings. The monoisotopic (exact) mass is 265 g/mol. The molecule has 1 unspecified atom stereocenters. The van der Waals surface area contributed by atoms with Crippen LogP contribution < -0.4 is 14.8 Å². The van der Waals surface area contributed by atoms with E-state index in [0.29, 0.717) is 24.1 Å². The summed E-state index contributed by atoms with van der Waals surface area (Å²) in [5, 5.41) is 13.2. The third-order valence-corrected chi connectivity index (χ3v) is 3.54. The minimum absolute atomic E-state index is 0.224. The normalized spacial score (nSPS) is 21.6. The van der Waals surface area contributed by atoms with Crippen LogP contribution in [-0.2, 0) is 11.3 Å². The lowest BCUT2D eigenvalue weighted by Gasteiger charge is -2.22. The number of rotatable bonds is 4. The van der Waals surface area contributed by atoms with E-state index in [-0.39, 0.29) is 12.5 Å². The van der Waals surface area contributed by atoms with Crippen molar-refractivity contribution in [2.24, 2.45) is 0 Å². The molecule has 0 amide bonds. The van der Waals surface area contributed by atoms with Crippen molar-refractivity contribution in [3.8, 4) is 17.2 Å². The smallest absolute Gasteiger partial charge is 0.231 e.